The number of halogens is 1. The largest absolute Gasteiger partial charge is 0.462 e. The summed E-state index contributed by atoms with van der Waals surface area (Å²) >= 11 is 5.29. The summed E-state index contributed by atoms with van der Waals surface area (Å²) in [6.45, 7) is 4.86. The van der Waals surface area contributed by atoms with Crippen LogP contribution in [-0.2, 0) is 19.1 Å². The monoisotopic (exact) mass is 207 g/mol. The topological polar surface area (TPSA) is 52.6 Å². The Kier molecular flexibility index (Phi) is 6.32. The molecule has 0 aromatic rings. The fourth-order valence-corrected chi connectivity index (χ4v) is 0.638. The molecule has 1 unspecified atom stereocenters. The van der Waals surface area contributed by atoms with Crippen LogP contribution in [0.4, 0.5) is 0 Å². The highest BCUT2D eigenvalue weighted by atomic mass is 35.5. The third kappa shape index (κ3) is 5.47. The quantitative estimate of drug-likeness (QED) is 0.497. The minimum atomic E-state index is -0.891. The van der Waals surface area contributed by atoms with Gasteiger partial charge in [0.1, 0.15) is 6.61 Å². The lowest BCUT2D eigenvalue weighted by atomic mass is 10.4. The van der Waals surface area contributed by atoms with E-state index in [1.165, 1.54) is 6.92 Å². The second-order valence-corrected chi connectivity index (χ2v) is 2.62. The molecule has 0 aliphatic carbocycles. The maximum Gasteiger partial charge on any atom is 0.347 e. The normalized spacial score (nSPS) is 11.9. The van der Waals surface area contributed by atoms with E-state index in [9.17, 15) is 9.59 Å². The molecule has 0 rings (SSSR count). The zero-order valence-electron chi connectivity index (χ0n) is 7.42. The molecule has 0 aliphatic heterocycles. The molecule has 1 radical (unpaired) electrons. The summed E-state index contributed by atoms with van der Waals surface area (Å²) in [4.78, 5) is 21.7. The van der Waals surface area contributed by atoms with Crippen molar-refractivity contribution in [3.63, 3.8) is 0 Å². The van der Waals surface area contributed by atoms with E-state index < -0.39 is 18.0 Å². The van der Waals surface area contributed by atoms with Crippen molar-refractivity contribution in [2.45, 2.75) is 19.4 Å². The van der Waals surface area contributed by atoms with Gasteiger partial charge in [0.25, 0.3) is 0 Å². The van der Waals surface area contributed by atoms with Crippen LogP contribution in [0.15, 0.2) is 0 Å². The lowest BCUT2D eigenvalue weighted by Gasteiger charge is -2.10. The number of ether oxygens (including phenoxy) is 2. The predicted octanol–water partition coefficient (Wildman–Crippen LogP) is 0.924. The third-order valence-electron chi connectivity index (χ3n) is 1.17. The molecule has 4 nitrogen and oxygen atoms in total. The van der Waals surface area contributed by atoms with E-state index in [0.717, 1.165) is 0 Å². The smallest absolute Gasteiger partial charge is 0.347 e. The van der Waals surface area contributed by atoms with Crippen LogP contribution < -0.4 is 0 Å². The van der Waals surface area contributed by atoms with Gasteiger partial charge < -0.3 is 9.47 Å². The second-order valence-electron chi connectivity index (χ2n) is 2.24. The summed E-state index contributed by atoms with van der Waals surface area (Å²) < 4.78 is 9.27. The van der Waals surface area contributed by atoms with Gasteiger partial charge in [0.05, 0.1) is 5.88 Å². The maximum absolute atomic E-state index is 11.0. The first-order valence-corrected chi connectivity index (χ1v) is 4.36. The minimum absolute atomic E-state index is 0.00682. The van der Waals surface area contributed by atoms with Crippen LogP contribution in [-0.4, -0.2) is 30.5 Å². The molecule has 0 saturated carbocycles. The van der Waals surface area contributed by atoms with E-state index in [2.05, 4.69) is 16.4 Å². The molecule has 0 aromatic carbocycles. The molecule has 0 amide bonds. The van der Waals surface area contributed by atoms with Crippen LogP contribution in [0.5, 0.6) is 0 Å². The Morgan fingerprint density at radius 1 is 1.54 bits per heavy atom. The van der Waals surface area contributed by atoms with Crippen molar-refractivity contribution in [1.29, 1.82) is 0 Å². The van der Waals surface area contributed by atoms with Gasteiger partial charge in [0, 0.05) is 6.42 Å². The van der Waals surface area contributed by atoms with Gasteiger partial charge in [-0.15, -0.1) is 11.6 Å². The summed E-state index contributed by atoms with van der Waals surface area (Å²) in [5.74, 6) is -0.903. The molecule has 0 aliphatic rings. The summed E-state index contributed by atoms with van der Waals surface area (Å²) in [7, 11) is 0. The van der Waals surface area contributed by atoms with Crippen molar-refractivity contribution in [3.05, 3.63) is 6.92 Å². The van der Waals surface area contributed by atoms with Crippen LogP contribution in [0, 0.1) is 6.92 Å². The van der Waals surface area contributed by atoms with E-state index in [0.29, 0.717) is 0 Å². The van der Waals surface area contributed by atoms with Gasteiger partial charge in [-0.3, -0.25) is 4.79 Å². The third-order valence-corrected chi connectivity index (χ3v) is 1.32. The molecule has 1 atom stereocenters. The van der Waals surface area contributed by atoms with Gasteiger partial charge in [-0.2, -0.15) is 0 Å². The Labute approximate surface area is 82.1 Å². The molecule has 0 N–H and O–H groups in total. The van der Waals surface area contributed by atoms with Crippen molar-refractivity contribution in [2.24, 2.45) is 0 Å². The van der Waals surface area contributed by atoms with Crippen molar-refractivity contribution < 1.29 is 19.1 Å². The standard InChI is InChI=1S/C8H12ClO4/c1-3-7(10)13-6(2)8(11)12-5-4-9/h6H,1,3-5H2,2H3. The Morgan fingerprint density at radius 3 is 2.62 bits per heavy atom. The van der Waals surface area contributed by atoms with Crippen molar-refractivity contribution in [3.8, 4) is 0 Å². The highest BCUT2D eigenvalue weighted by Crippen LogP contribution is 1.97. The molecule has 13 heavy (non-hydrogen) atoms. The van der Waals surface area contributed by atoms with E-state index in [1.54, 1.807) is 0 Å². The van der Waals surface area contributed by atoms with E-state index in [4.69, 9.17) is 11.6 Å². The van der Waals surface area contributed by atoms with Crippen LogP contribution in [0.2, 0.25) is 0 Å². The molecule has 0 saturated heterocycles. The minimum Gasteiger partial charge on any atom is -0.462 e. The summed E-state index contributed by atoms with van der Waals surface area (Å²) in [5.41, 5.74) is 0. The van der Waals surface area contributed by atoms with Gasteiger partial charge in [0.15, 0.2) is 6.10 Å². The first-order chi connectivity index (χ1) is 6.11. The number of carbonyl (C=O) groups excluding carboxylic acids is 2. The van der Waals surface area contributed by atoms with Gasteiger partial charge in [0.2, 0.25) is 0 Å². The molecule has 0 spiro atoms. The van der Waals surface area contributed by atoms with Crippen molar-refractivity contribution in [1.82, 2.24) is 0 Å². The first kappa shape index (κ1) is 12.2. The first-order valence-electron chi connectivity index (χ1n) is 3.83. The predicted molar refractivity (Wildman–Crippen MR) is 47.2 cm³/mol. The van der Waals surface area contributed by atoms with Crippen molar-refractivity contribution >= 4 is 23.5 Å². The lowest BCUT2D eigenvalue weighted by molar-refractivity contribution is -0.165. The fraction of sp³-hybridized carbons (Fsp3) is 0.625. The summed E-state index contributed by atoms with van der Waals surface area (Å²) in [6, 6.07) is 0. The lowest BCUT2D eigenvalue weighted by Crippen LogP contribution is -2.26. The highest BCUT2D eigenvalue weighted by Gasteiger charge is 2.17. The zero-order valence-corrected chi connectivity index (χ0v) is 8.17. The molecule has 0 fully saturated rings. The van der Waals surface area contributed by atoms with Crippen LogP contribution in [0.3, 0.4) is 0 Å². The van der Waals surface area contributed by atoms with Crippen LogP contribution in [0.1, 0.15) is 13.3 Å². The number of carbonyl (C=O) groups is 2. The Morgan fingerprint density at radius 2 is 2.15 bits per heavy atom. The van der Waals surface area contributed by atoms with E-state index >= 15 is 0 Å². The van der Waals surface area contributed by atoms with Gasteiger partial charge >= 0.3 is 11.9 Å². The van der Waals surface area contributed by atoms with Crippen molar-refractivity contribution in [2.75, 3.05) is 12.5 Å². The molecule has 0 heterocycles. The van der Waals surface area contributed by atoms with E-state index in [-0.39, 0.29) is 18.9 Å². The fourth-order valence-electron chi connectivity index (χ4n) is 0.561. The number of alkyl halides is 1. The molecular weight excluding hydrogens is 196 g/mol. The number of hydrogen-bond donors (Lipinski definition) is 0. The van der Waals surface area contributed by atoms with Crippen LogP contribution >= 0.6 is 11.6 Å². The number of esters is 2. The van der Waals surface area contributed by atoms with E-state index in [1.807, 2.05) is 0 Å². The van der Waals surface area contributed by atoms with Gasteiger partial charge in [-0.25, -0.2) is 4.79 Å². The van der Waals surface area contributed by atoms with Gasteiger partial charge in [-0.05, 0) is 13.8 Å². The zero-order chi connectivity index (χ0) is 10.3. The summed E-state index contributed by atoms with van der Waals surface area (Å²) in [6.07, 6.45) is -0.898. The Bertz CT molecular complexity index is 181. The molecule has 0 aromatic heterocycles. The highest BCUT2D eigenvalue weighted by molar-refractivity contribution is 6.18. The van der Waals surface area contributed by atoms with Gasteiger partial charge in [-0.1, -0.05) is 0 Å². The Hall–Kier alpha value is -0.770. The summed E-state index contributed by atoms with van der Waals surface area (Å²) in [5, 5.41) is 0. The average molecular weight is 208 g/mol. The van der Waals surface area contributed by atoms with Crippen LogP contribution in [0.25, 0.3) is 0 Å². The Balaban J connectivity index is 3.75. The average Bonchev–Trinajstić information content (AvgIpc) is 2.13. The molecule has 0 bridgehead atoms. The second kappa shape index (κ2) is 6.71. The molecule has 75 valence electrons. The number of hydrogen-bond acceptors (Lipinski definition) is 4. The molecule has 5 heteroatoms. The number of rotatable bonds is 5. The maximum atomic E-state index is 11.0. The SMILES string of the molecule is [CH2]CC(=O)OC(C)C(=O)OCCCl. The molecular formula is C8H12ClO4.